The fraction of sp³-hybridized carbons (Fsp3) is 0.0500. The molecule has 3 heterocycles. The second-order valence-corrected chi connectivity index (χ2v) is 6.05. The summed E-state index contributed by atoms with van der Waals surface area (Å²) in [5.41, 5.74) is 5.02. The Hall–Kier alpha value is -3.47. The monoisotopic (exact) mass is 327 g/mol. The average molecular weight is 327 g/mol. The molecule has 0 saturated heterocycles. The van der Waals surface area contributed by atoms with Crippen LogP contribution < -0.4 is 5.76 Å². The highest BCUT2D eigenvalue weighted by Crippen LogP contribution is 2.29. The predicted molar refractivity (Wildman–Crippen MR) is 97.5 cm³/mol. The van der Waals surface area contributed by atoms with Crippen LogP contribution in [0.1, 0.15) is 0 Å². The fourth-order valence-corrected chi connectivity index (χ4v) is 3.17. The molecule has 5 rings (SSSR count). The molecule has 0 radical (unpaired) electrons. The molecular weight excluding hydrogens is 314 g/mol. The number of aryl methyl sites for hydroxylation is 1. The molecule has 0 saturated carbocycles. The summed E-state index contributed by atoms with van der Waals surface area (Å²) in [5, 5.41) is 1.91. The minimum atomic E-state index is -0.387. The van der Waals surface area contributed by atoms with E-state index in [2.05, 4.69) is 16.0 Å². The van der Waals surface area contributed by atoms with Crippen molar-refractivity contribution >= 4 is 32.9 Å². The summed E-state index contributed by atoms with van der Waals surface area (Å²) in [7, 11) is 1.68. The minimum absolute atomic E-state index is 0.387. The summed E-state index contributed by atoms with van der Waals surface area (Å²) in [4.78, 5) is 20.8. The quantitative estimate of drug-likeness (QED) is 0.468. The number of para-hydroxylation sites is 1. The van der Waals surface area contributed by atoms with Crippen molar-refractivity contribution in [3.8, 4) is 11.1 Å². The van der Waals surface area contributed by atoms with E-state index >= 15 is 0 Å². The molecule has 0 amide bonds. The van der Waals surface area contributed by atoms with Crippen LogP contribution in [-0.4, -0.2) is 14.5 Å². The highest BCUT2D eigenvalue weighted by atomic mass is 16.4. The van der Waals surface area contributed by atoms with Crippen molar-refractivity contribution in [2.45, 2.75) is 0 Å². The number of fused-ring (bicyclic) bond motifs is 4. The van der Waals surface area contributed by atoms with Crippen LogP contribution >= 0.6 is 0 Å². The maximum Gasteiger partial charge on any atom is 0.419 e. The fourth-order valence-electron chi connectivity index (χ4n) is 3.17. The Labute approximate surface area is 142 Å². The molecule has 0 aliphatic heterocycles. The molecule has 0 aliphatic carbocycles. The first-order chi connectivity index (χ1) is 12.2. The third-order valence-electron chi connectivity index (χ3n) is 4.55. The van der Waals surface area contributed by atoms with Crippen LogP contribution in [0.15, 0.2) is 70.1 Å². The molecule has 2 aromatic carbocycles. The van der Waals surface area contributed by atoms with Gasteiger partial charge in [0.15, 0.2) is 5.58 Å². The van der Waals surface area contributed by atoms with Crippen LogP contribution in [0.5, 0.6) is 0 Å². The summed E-state index contributed by atoms with van der Waals surface area (Å²) in [5.74, 6) is -0.387. The average Bonchev–Trinajstić information content (AvgIpc) is 2.95. The van der Waals surface area contributed by atoms with E-state index in [1.165, 1.54) is 4.57 Å². The van der Waals surface area contributed by atoms with Gasteiger partial charge in [0.1, 0.15) is 5.52 Å². The number of pyridine rings is 2. The van der Waals surface area contributed by atoms with Crippen LogP contribution in [0.25, 0.3) is 44.0 Å². The normalized spacial score (nSPS) is 11.6. The van der Waals surface area contributed by atoms with Crippen LogP contribution in [-0.2, 0) is 7.05 Å². The van der Waals surface area contributed by atoms with Gasteiger partial charge >= 0.3 is 5.76 Å². The van der Waals surface area contributed by atoms with Gasteiger partial charge in [0.05, 0.1) is 17.2 Å². The lowest BCUT2D eigenvalue weighted by molar-refractivity contribution is 0.530. The van der Waals surface area contributed by atoms with E-state index in [1.54, 1.807) is 13.2 Å². The highest BCUT2D eigenvalue weighted by Gasteiger charge is 2.12. The Balaban J connectivity index is 1.79. The molecule has 0 aliphatic rings. The van der Waals surface area contributed by atoms with Crippen molar-refractivity contribution < 1.29 is 4.42 Å². The third kappa shape index (κ3) is 2.06. The van der Waals surface area contributed by atoms with E-state index in [9.17, 15) is 4.79 Å². The molecule has 5 nitrogen and oxygen atoms in total. The maximum atomic E-state index is 11.8. The predicted octanol–water partition coefficient (Wildman–Crippen LogP) is 3.89. The first kappa shape index (κ1) is 13.9. The van der Waals surface area contributed by atoms with Gasteiger partial charge in [0.25, 0.3) is 0 Å². The van der Waals surface area contributed by atoms with Crippen molar-refractivity contribution in [1.82, 2.24) is 14.5 Å². The zero-order valence-electron chi connectivity index (χ0n) is 13.4. The first-order valence-electron chi connectivity index (χ1n) is 7.94. The topological polar surface area (TPSA) is 60.9 Å². The summed E-state index contributed by atoms with van der Waals surface area (Å²) in [6.45, 7) is 0. The molecule has 0 bridgehead atoms. The summed E-state index contributed by atoms with van der Waals surface area (Å²) in [6, 6.07) is 16.1. The molecule has 5 heteroatoms. The zero-order chi connectivity index (χ0) is 17.0. The molecule has 120 valence electrons. The number of rotatable bonds is 1. The van der Waals surface area contributed by atoms with Crippen LogP contribution in [0, 0.1) is 0 Å². The van der Waals surface area contributed by atoms with Gasteiger partial charge in [-0.25, -0.2) is 4.79 Å². The number of oxazole rings is 1. The summed E-state index contributed by atoms with van der Waals surface area (Å²) in [6.07, 6.45) is 3.53. The van der Waals surface area contributed by atoms with Crippen LogP contribution in [0.3, 0.4) is 0 Å². The summed E-state index contributed by atoms with van der Waals surface area (Å²) >= 11 is 0. The van der Waals surface area contributed by atoms with Crippen molar-refractivity contribution in [3.63, 3.8) is 0 Å². The number of nitrogens with zero attached hydrogens (tertiary/aromatic N) is 3. The van der Waals surface area contributed by atoms with Gasteiger partial charge in [0, 0.05) is 29.6 Å². The van der Waals surface area contributed by atoms with Crippen molar-refractivity contribution in [2.75, 3.05) is 0 Å². The SMILES string of the molecule is Cn1c(=O)oc2c3cc(-c4cnc5ccccc5c4)ccc3ncc21. The number of hydrogen-bond donors (Lipinski definition) is 0. The Morgan fingerprint density at radius 3 is 2.68 bits per heavy atom. The zero-order valence-corrected chi connectivity index (χ0v) is 13.4. The van der Waals surface area contributed by atoms with Crippen LogP contribution in [0.2, 0.25) is 0 Å². The molecule has 0 spiro atoms. The molecule has 5 aromatic rings. The van der Waals surface area contributed by atoms with Gasteiger partial charge in [-0.05, 0) is 29.8 Å². The highest BCUT2D eigenvalue weighted by molar-refractivity contribution is 6.02. The van der Waals surface area contributed by atoms with Gasteiger partial charge in [-0.3, -0.25) is 14.5 Å². The van der Waals surface area contributed by atoms with Crippen molar-refractivity contribution in [3.05, 3.63) is 71.5 Å². The van der Waals surface area contributed by atoms with Crippen molar-refractivity contribution in [2.24, 2.45) is 7.05 Å². The Morgan fingerprint density at radius 1 is 0.920 bits per heavy atom. The van der Waals surface area contributed by atoms with E-state index in [0.717, 1.165) is 32.9 Å². The Bertz CT molecular complexity index is 1330. The van der Waals surface area contributed by atoms with E-state index in [0.29, 0.717) is 11.1 Å². The van der Waals surface area contributed by atoms with Gasteiger partial charge in [-0.15, -0.1) is 0 Å². The maximum absolute atomic E-state index is 11.8. The first-order valence-corrected chi connectivity index (χ1v) is 7.94. The Morgan fingerprint density at radius 2 is 1.76 bits per heavy atom. The molecule has 0 atom stereocenters. The number of benzene rings is 2. The standard InChI is InChI=1S/C20H13N3O2/c1-23-18-11-22-17-7-6-12(9-15(17)19(18)25-20(23)24)14-8-13-4-2-3-5-16(13)21-10-14/h2-11H,1H3. The minimum Gasteiger partial charge on any atom is -0.407 e. The van der Waals surface area contributed by atoms with E-state index in [-0.39, 0.29) is 5.76 Å². The number of aromatic nitrogens is 3. The summed E-state index contributed by atoms with van der Waals surface area (Å²) < 4.78 is 6.89. The smallest absolute Gasteiger partial charge is 0.407 e. The molecule has 3 aromatic heterocycles. The molecule has 25 heavy (non-hydrogen) atoms. The lowest BCUT2D eigenvalue weighted by Gasteiger charge is -2.05. The van der Waals surface area contributed by atoms with Crippen molar-refractivity contribution in [1.29, 1.82) is 0 Å². The van der Waals surface area contributed by atoms with Gasteiger partial charge in [0.2, 0.25) is 0 Å². The van der Waals surface area contributed by atoms with E-state index < -0.39 is 0 Å². The van der Waals surface area contributed by atoms with Gasteiger partial charge in [-0.2, -0.15) is 0 Å². The van der Waals surface area contributed by atoms with Gasteiger partial charge in [-0.1, -0.05) is 24.3 Å². The number of hydrogen-bond acceptors (Lipinski definition) is 4. The van der Waals surface area contributed by atoms with E-state index in [4.69, 9.17) is 4.42 Å². The molecule has 0 fully saturated rings. The second-order valence-electron chi connectivity index (χ2n) is 6.05. The van der Waals surface area contributed by atoms with E-state index in [1.807, 2.05) is 48.7 Å². The van der Waals surface area contributed by atoms with Gasteiger partial charge < -0.3 is 4.42 Å². The molecular formula is C20H13N3O2. The Kier molecular flexibility index (Phi) is 2.79. The molecule has 0 N–H and O–H groups in total. The second kappa shape index (κ2) is 5.01. The largest absolute Gasteiger partial charge is 0.419 e. The lowest BCUT2D eigenvalue weighted by Crippen LogP contribution is -2.08. The lowest BCUT2D eigenvalue weighted by atomic mass is 10.0. The molecule has 0 unspecified atom stereocenters. The third-order valence-corrected chi connectivity index (χ3v) is 4.55. The van der Waals surface area contributed by atoms with Crippen LogP contribution in [0.4, 0.5) is 0 Å².